The van der Waals surface area contributed by atoms with Crippen LogP contribution in [0.5, 0.6) is 5.75 Å². The number of rotatable bonds is 0. The van der Waals surface area contributed by atoms with E-state index < -0.39 is 0 Å². The third kappa shape index (κ3) is 1.47. The molecule has 0 N–H and O–H groups in total. The molecule has 0 aromatic heterocycles. The molecule has 2 rings (SSSR count). The summed E-state index contributed by atoms with van der Waals surface area (Å²) in [5, 5.41) is 0.901. The van der Waals surface area contributed by atoms with Crippen molar-refractivity contribution in [3.8, 4) is 5.75 Å². The number of hydrogen-bond acceptors (Lipinski definition) is 1. The zero-order chi connectivity index (χ0) is 7.84. The minimum Gasteiger partial charge on any atom is -0.480 e. The zero-order valence-electron chi connectivity index (χ0n) is 5.71. The van der Waals surface area contributed by atoms with Crippen LogP contribution in [0.3, 0.4) is 0 Å². The van der Waals surface area contributed by atoms with Crippen LogP contribution in [-0.4, -0.2) is 4.11 Å². The Labute approximate surface area is 83.8 Å². The maximum atomic E-state index is 5.50. The van der Waals surface area contributed by atoms with Gasteiger partial charge in [-0.25, -0.2) is 0 Å². The average Bonchev–Trinajstić information content (AvgIpc) is 2.27. The Bertz CT molecular complexity index is 287. The third-order valence-electron chi connectivity index (χ3n) is 1.67. The predicted molar refractivity (Wildman–Crippen MR) is 49.1 cm³/mol. The lowest BCUT2D eigenvalue weighted by Gasteiger charge is -1.98. The molecule has 0 spiro atoms. The first kappa shape index (κ1) is 7.68. The van der Waals surface area contributed by atoms with Crippen LogP contribution < -0.4 is 4.74 Å². The summed E-state index contributed by atoms with van der Waals surface area (Å²) in [5.41, 5.74) is 1.25. The summed E-state index contributed by atoms with van der Waals surface area (Å²) in [5.74, 6) is 0.998. The van der Waals surface area contributed by atoms with E-state index in [1.54, 1.807) is 0 Å². The van der Waals surface area contributed by atoms with E-state index in [1.807, 2.05) is 18.2 Å². The van der Waals surface area contributed by atoms with Gasteiger partial charge in [-0.15, -0.1) is 0 Å². The summed E-state index contributed by atoms with van der Waals surface area (Å²) >= 11 is 7.32. The first-order valence-electron chi connectivity index (χ1n) is 3.36. The largest absolute Gasteiger partial charge is 0.480 e. The molecule has 1 nitrogen and oxygen atoms in total. The third-order valence-corrected chi connectivity index (χ3v) is 2.62. The summed E-state index contributed by atoms with van der Waals surface area (Å²) in [6.07, 6.45) is 0.986. The topological polar surface area (TPSA) is 9.23 Å². The van der Waals surface area contributed by atoms with Crippen LogP contribution in [0, 0.1) is 11.6 Å². The Morgan fingerprint density at radius 3 is 3.18 bits per heavy atom. The highest BCUT2D eigenvalue weighted by atomic mass is 127. The molecule has 0 aliphatic carbocycles. The molecule has 1 aliphatic rings. The van der Waals surface area contributed by atoms with E-state index in [0.29, 0.717) is 4.11 Å². The van der Waals surface area contributed by atoms with Gasteiger partial charge in [-0.1, -0.05) is 0 Å². The SMILES string of the molecule is [ClH+]c1ccc2c(c1)CC(I)O2. The minimum absolute atomic E-state index is 0.291. The van der Waals surface area contributed by atoms with Crippen molar-refractivity contribution in [2.75, 3.05) is 0 Å². The van der Waals surface area contributed by atoms with Crippen molar-refractivity contribution in [1.29, 1.82) is 0 Å². The molecule has 11 heavy (non-hydrogen) atoms. The summed E-state index contributed by atoms with van der Waals surface area (Å²) in [6, 6.07) is 5.88. The van der Waals surface area contributed by atoms with Crippen molar-refractivity contribution >= 4 is 22.6 Å². The van der Waals surface area contributed by atoms with Gasteiger partial charge in [0.1, 0.15) is 5.75 Å². The van der Waals surface area contributed by atoms with Crippen molar-refractivity contribution in [1.82, 2.24) is 0 Å². The number of halogens is 2. The first-order valence-corrected chi connectivity index (χ1v) is 5.02. The second-order valence-electron chi connectivity index (χ2n) is 2.50. The van der Waals surface area contributed by atoms with E-state index in [4.69, 9.17) is 16.3 Å². The highest BCUT2D eigenvalue weighted by Gasteiger charge is 2.20. The predicted octanol–water partition coefficient (Wildman–Crippen LogP) is 2.08. The smallest absolute Gasteiger partial charge is 0.226 e. The summed E-state index contributed by atoms with van der Waals surface area (Å²) < 4.78 is 5.79. The molecule has 0 radical (unpaired) electrons. The molecule has 58 valence electrons. The lowest BCUT2D eigenvalue weighted by molar-refractivity contribution is -0.288. The lowest BCUT2D eigenvalue weighted by atomic mass is 10.2. The van der Waals surface area contributed by atoms with Gasteiger partial charge in [0.15, 0.2) is 15.7 Å². The fourth-order valence-electron chi connectivity index (χ4n) is 1.18. The van der Waals surface area contributed by atoms with Crippen molar-refractivity contribution in [3.05, 3.63) is 28.8 Å². The molecule has 1 aromatic rings. The number of hydrogen-bond donors (Lipinski definition) is 0. The Balaban J connectivity index is 2.43. The van der Waals surface area contributed by atoms with Crippen LogP contribution in [0.1, 0.15) is 5.56 Å². The maximum Gasteiger partial charge on any atom is 0.226 e. The number of ether oxygens (including phenoxy) is 1. The van der Waals surface area contributed by atoms with E-state index in [1.165, 1.54) is 5.56 Å². The van der Waals surface area contributed by atoms with Crippen LogP contribution in [0.2, 0.25) is 5.02 Å². The highest BCUT2D eigenvalue weighted by Crippen LogP contribution is 2.31. The molecule has 0 bridgehead atoms. The van der Waals surface area contributed by atoms with Gasteiger partial charge in [0.05, 0.1) is 0 Å². The van der Waals surface area contributed by atoms with Gasteiger partial charge >= 0.3 is 0 Å². The molecular formula is C8H7ClIO+. The van der Waals surface area contributed by atoms with Gasteiger partial charge in [0.25, 0.3) is 0 Å². The van der Waals surface area contributed by atoms with E-state index in [0.717, 1.165) is 17.2 Å². The average molecular weight is 282 g/mol. The van der Waals surface area contributed by atoms with Crippen LogP contribution in [0.15, 0.2) is 18.2 Å². The van der Waals surface area contributed by atoms with Gasteiger partial charge in [0.2, 0.25) is 5.02 Å². The maximum absolute atomic E-state index is 5.50. The summed E-state index contributed by atoms with van der Waals surface area (Å²) in [4.78, 5) is 0. The zero-order valence-corrected chi connectivity index (χ0v) is 8.68. The monoisotopic (exact) mass is 281 g/mol. The molecule has 1 aromatic carbocycles. The van der Waals surface area contributed by atoms with E-state index in [9.17, 15) is 0 Å². The number of alkyl halides is 1. The van der Waals surface area contributed by atoms with Crippen molar-refractivity contribution in [3.63, 3.8) is 0 Å². The van der Waals surface area contributed by atoms with Crippen molar-refractivity contribution < 1.29 is 16.3 Å². The summed E-state index contributed by atoms with van der Waals surface area (Å²) in [7, 11) is 0. The fourth-order valence-corrected chi connectivity index (χ4v) is 2.14. The van der Waals surface area contributed by atoms with Gasteiger partial charge in [-0.3, -0.25) is 0 Å². The standard InChI is InChI=1S/C8H7ClIO/c9-6-1-2-7-5(3-6)4-8(10)11-7/h1-3,8-9H,4H2/q+1. The Kier molecular flexibility index (Phi) is 1.97. The van der Waals surface area contributed by atoms with Gasteiger partial charge in [-0.05, 0) is 28.7 Å². The second kappa shape index (κ2) is 2.83. The van der Waals surface area contributed by atoms with E-state index in [2.05, 4.69) is 22.6 Å². The Hall–Kier alpha value is 0.0400. The van der Waals surface area contributed by atoms with E-state index >= 15 is 0 Å². The van der Waals surface area contributed by atoms with Crippen molar-refractivity contribution in [2.24, 2.45) is 0 Å². The van der Waals surface area contributed by atoms with E-state index in [-0.39, 0.29) is 0 Å². The molecule has 1 heterocycles. The number of benzene rings is 1. The van der Waals surface area contributed by atoms with Gasteiger partial charge in [-0.2, -0.15) is 0 Å². The summed E-state index contributed by atoms with van der Waals surface area (Å²) in [6.45, 7) is 0. The van der Waals surface area contributed by atoms with Crippen LogP contribution in [-0.2, 0) is 6.42 Å². The fraction of sp³-hybridized carbons (Fsp3) is 0.250. The molecular weight excluding hydrogens is 274 g/mol. The number of fused-ring (bicyclic) bond motifs is 1. The molecule has 0 amide bonds. The quantitative estimate of drug-likeness (QED) is 0.523. The minimum atomic E-state index is 0.291. The molecule has 1 unspecified atom stereocenters. The molecule has 1 aliphatic heterocycles. The molecule has 0 saturated carbocycles. The second-order valence-corrected chi connectivity index (χ2v) is 4.36. The van der Waals surface area contributed by atoms with Gasteiger partial charge in [0, 0.05) is 24.1 Å². The van der Waals surface area contributed by atoms with Crippen LogP contribution in [0.25, 0.3) is 0 Å². The molecule has 0 saturated heterocycles. The molecule has 1 atom stereocenters. The first-order chi connectivity index (χ1) is 5.25. The molecule has 0 fully saturated rings. The van der Waals surface area contributed by atoms with Crippen LogP contribution in [0.4, 0.5) is 0 Å². The van der Waals surface area contributed by atoms with Crippen LogP contribution >= 0.6 is 22.6 Å². The Morgan fingerprint density at radius 2 is 2.36 bits per heavy atom. The van der Waals surface area contributed by atoms with Crippen molar-refractivity contribution in [2.45, 2.75) is 10.5 Å². The highest BCUT2D eigenvalue weighted by molar-refractivity contribution is 14.1. The molecule has 3 heteroatoms. The Morgan fingerprint density at radius 1 is 1.55 bits per heavy atom. The lowest BCUT2D eigenvalue weighted by Crippen LogP contribution is -2.00. The normalized spacial score (nSPS) is 21.1. The van der Waals surface area contributed by atoms with Gasteiger partial charge < -0.3 is 4.74 Å².